The number of benzene rings is 1. The molecule has 1 aromatic carbocycles. The van der Waals surface area contributed by atoms with Gasteiger partial charge in [-0.15, -0.1) is 10.2 Å². The highest BCUT2D eigenvalue weighted by Crippen LogP contribution is 2.26. The number of hydrogen-bond acceptors (Lipinski definition) is 5. The standard InChI is InChI=1S/C21H30N4O2S/c1-15-7-6-9-17(13-15)20-23-24-21(25(20)11-12-27-3)28-14-19(26)22-18-10-5-4-8-16(18)2/h6-7,9,13,16,18H,4-5,8,10-12,14H2,1-3H3,(H,22,26)/t16-,18+/m1/s1. The Labute approximate surface area is 171 Å². The minimum atomic E-state index is 0.0714. The van der Waals surface area contributed by atoms with Crippen molar-refractivity contribution in [1.82, 2.24) is 20.1 Å². The number of aromatic nitrogens is 3. The molecule has 1 aliphatic carbocycles. The fraction of sp³-hybridized carbons (Fsp3) is 0.571. The lowest BCUT2D eigenvalue weighted by atomic mass is 9.86. The molecule has 1 heterocycles. The zero-order chi connectivity index (χ0) is 19.9. The highest BCUT2D eigenvalue weighted by Gasteiger charge is 2.23. The fourth-order valence-corrected chi connectivity index (χ4v) is 4.46. The Morgan fingerprint density at radius 1 is 1.32 bits per heavy atom. The van der Waals surface area contributed by atoms with Crippen molar-refractivity contribution in [3.05, 3.63) is 29.8 Å². The second kappa shape index (κ2) is 10.1. The van der Waals surface area contributed by atoms with Crippen LogP contribution < -0.4 is 5.32 Å². The number of amides is 1. The Kier molecular flexibility index (Phi) is 7.50. The molecule has 0 aliphatic heterocycles. The first-order chi connectivity index (χ1) is 13.6. The summed E-state index contributed by atoms with van der Waals surface area (Å²) in [4.78, 5) is 12.5. The van der Waals surface area contributed by atoms with Gasteiger partial charge < -0.3 is 10.1 Å². The van der Waals surface area contributed by atoms with E-state index in [1.54, 1.807) is 7.11 Å². The lowest BCUT2D eigenvalue weighted by molar-refractivity contribution is -0.119. The molecule has 0 radical (unpaired) electrons. The number of carbonyl (C=O) groups is 1. The molecule has 2 atom stereocenters. The van der Waals surface area contributed by atoms with Gasteiger partial charge in [-0.05, 0) is 31.7 Å². The molecule has 0 saturated heterocycles. The first-order valence-corrected chi connectivity index (χ1v) is 11.0. The van der Waals surface area contributed by atoms with Crippen LogP contribution in [0.25, 0.3) is 11.4 Å². The summed E-state index contributed by atoms with van der Waals surface area (Å²) < 4.78 is 7.30. The van der Waals surface area contributed by atoms with E-state index in [4.69, 9.17) is 4.74 Å². The molecule has 1 fully saturated rings. The number of hydrogen-bond donors (Lipinski definition) is 1. The number of rotatable bonds is 8. The van der Waals surface area contributed by atoms with Crippen molar-refractivity contribution in [2.45, 2.75) is 57.3 Å². The minimum absolute atomic E-state index is 0.0714. The number of aryl methyl sites for hydroxylation is 1. The minimum Gasteiger partial charge on any atom is -0.383 e. The second-order valence-corrected chi connectivity index (χ2v) is 8.49. The number of ether oxygens (including phenoxy) is 1. The first-order valence-electron chi connectivity index (χ1n) is 10.00. The van der Waals surface area contributed by atoms with E-state index in [0.29, 0.717) is 30.9 Å². The van der Waals surface area contributed by atoms with Gasteiger partial charge >= 0.3 is 0 Å². The van der Waals surface area contributed by atoms with Gasteiger partial charge in [0.2, 0.25) is 5.91 Å². The van der Waals surface area contributed by atoms with Crippen molar-refractivity contribution in [3.8, 4) is 11.4 Å². The van der Waals surface area contributed by atoms with E-state index >= 15 is 0 Å². The van der Waals surface area contributed by atoms with Gasteiger partial charge in [0.25, 0.3) is 0 Å². The molecule has 1 N–H and O–H groups in total. The maximum Gasteiger partial charge on any atom is 0.230 e. The van der Waals surface area contributed by atoms with E-state index < -0.39 is 0 Å². The Balaban J connectivity index is 1.68. The molecule has 0 spiro atoms. The highest BCUT2D eigenvalue weighted by atomic mass is 32.2. The number of nitrogens with zero attached hydrogens (tertiary/aromatic N) is 3. The summed E-state index contributed by atoms with van der Waals surface area (Å²) in [6.45, 7) is 5.50. The molecule has 1 amide bonds. The molecule has 1 aliphatic rings. The average Bonchev–Trinajstić information content (AvgIpc) is 3.09. The van der Waals surface area contributed by atoms with E-state index in [1.807, 2.05) is 16.7 Å². The zero-order valence-electron chi connectivity index (χ0n) is 17.0. The Hall–Kier alpha value is -1.86. The van der Waals surface area contributed by atoms with Crippen molar-refractivity contribution in [2.75, 3.05) is 19.5 Å². The third-order valence-electron chi connectivity index (χ3n) is 5.30. The highest BCUT2D eigenvalue weighted by molar-refractivity contribution is 7.99. The van der Waals surface area contributed by atoms with Crippen molar-refractivity contribution in [3.63, 3.8) is 0 Å². The van der Waals surface area contributed by atoms with E-state index in [1.165, 1.54) is 36.6 Å². The molecule has 3 rings (SSSR count). The molecule has 6 nitrogen and oxygen atoms in total. The molecule has 7 heteroatoms. The van der Waals surface area contributed by atoms with Crippen LogP contribution in [0.15, 0.2) is 29.4 Å². The maximum atomic E-state index is 12.5. The molecule has 0 bridgehead atoms. The summed E-state index contributed by atoms with van der Waals surface area (Å²) in [6, 6.07) is 8.51. The molecular weight excluding hydrogens is 372 g/mol. The molecule has 28 heavy (non-hydrogen) atoms. The van der Waals surface area contributed by atoms with Gasteiger partial charge in [0.15, 0.2) is 11.0 Å². The molecule has 1 aromatic heterocycles. The average molecular weight is 403 g/mol. The first kappa shape index (κ1) is 20.9. The second-order valence-electron chi connectivity index (χ2n) is 7.54. The van der Waals surface area contributed by atoms with Gasteiger partial charge in [0, 0.05) is 18.7 Å². The van der Waals surface area contributed by atoms with E-state index in [2.05, 4.69) is 41.5 Å². The van der Waals surface area contributed by atoms with Crippen LogP contribution in [0.4, 0.5) is 0 Å². The van der Waals surface area contributed by atoms with Crippen molar-refractivity contribution >= 4 is 17.7 Å². The fourth-order valence-electron chi connectivity index (χ4n) is 3.69. The summed E-state index contributed by atoms with van der Waals surface area (Å²) in [7, 11) is 1.68. The molecule has 1 saturated carbocycles. The van der Waals surface area contributed by atoms with Crippen molar-refractivity contribution in [1.29, 1.82) is 0 Å². The monoisotopic (exact) mass is 402 g/mol. The SMILES string of the molecule is COCCn1c(SCC(=O)N[C@H]2CCCC[C@H]2C)nnc1-c1cccc(C)c1. The number of methoxy groups -OCH3 is 1. The summed E-state index contributed by atoms with van der Waals surface area (Å²) in [5.74, 6) is 1.79. The van der Waals surface area contributed by atoms with Crippen LogP contribution in [0.5, 0.6) is 0 Å². The van der Waals surface area contributed by atoms with Gasteiger partial charge in [-0.3, -0.25) is 9.36 Å². The normalized spacial score (nSPS) is 19.5. The number of thioether (sulfide) groups is 1. The van der Waals surface area contributed by atoms with E-state index in [9.17, 15) is 4.79 Å². The van der Waals surface area contributed by atoms with Crippen LogP contribution in [0.1, 0.15) is 38.2 Å². The zero-order valence-corrected chi connectivity index (χ0v) is 17.8. The lowest BCUT2D eigenvalue weighted by Gasteiger charge is -2.29. The van der Waals surface area contributed by atoms with Crippen LogP contribution in [0.2, 0.25) is 0 Å². The van der Waals surface area contributed by atoms with Gasteiger partial charge in [-0.1, -0.05) is 55.3 Å². The summed E-state index contributed by atoms with van der Waals surface area (Å²) in [5.41, 5.74) is 2.20. The summed E-state index contributed by atoms with van der Waals surface area (Å²) in [6.07, 6.45) is 4.75. The largest absolute Gasteiger partial charge is 0.383 e. The maximum absolute atomic E-state index is 12.5. The van der Waals surface area contributed by atoms with Crippen LogP contribution in [0, 0.1) is 12.8 Å². The molecular formula is C21H30N4O2S. The van der Waals surface area contributed by atoms with Crippen LogP contribution in [0.3, 0.4) is 0 Å². The smallest absolute Gasteiger partial charge is 0.230 e. The Morgan fingerprint density at radius 3 is 2.89 bits per heavy atom. The predicted molar refractivity (Wildman–Crippen MR) is 112 cm³/mol. The summed E-state index contributed by atoms with van der Waals surface area (Å²) >= 11 is 1.44. The predicted octanol–water partition coefficient (Wildman–Crippen LogP) is 3.69. The van der Waals surface area contributed by atoms with Crippen molar-refractivity contribution < 1.29 is 9.53 Å². The van der Waals surface area contributed by atoms with Crippen molar-refractivity contribution in [2.24, 2.45) is 5.92 Å². The Morgan fingerprint density at radius 2 is 2.14 bits per heavy atom. The third kappa shape index (κ3) is 5.35. The number of nitrogens with one attached hydrogen (secondary N) is 1. The quantitative estimate of drug-likeness (QED) is 0.682. The van der Waals surface area contributed by atoms with Crippen LogP contribution in [-0.2, 0) is 16.1 Å². The van der Waals surface area contributed by atoms with E-state index in [-0.39, 0.29) is 5.91 Å². The topological polar surface area (TPSA) is 69.0 Å². The van der Waals surface area contributed by atoms with E-state index in [0.717, 1.165) is 23.0 Å². The molecule has 0 unspecified atom stereocenters. The van der Waals surface area contributed by atoms with Gasteiger partial charge in [-0.25, -0.2) is 0 Å². The van der Waals surface area contributed by atoms with Crippen LogP contribution in [-0.4, -0.2) is 46.2 Å². The molecule has 2 aromatic rings. The lowest BCUT2D eigenvalue weighted by Crippen LogP contribution is -2.41. The van der Waals surface area contributed by atoms with Gasteiger partial charge in [0.1, 0.15) is 0 Å². The molecule has 152 valence electrons. The van der Waals surface area contributed by atoms with Crippen LogP contribution >= 0.6 is 11.8 Å². The summed E-state index contributed by atoms with van der Waals surface area (Å²) in [5, 5.41) is 12.7. The number of carbonyl (C=O) groups excluding carboxylic acids is 1. The Bertz CT molecular complexity index is 792. The van der Waals surface area contributed by atoms with Gasteiger partial charge in [-0.2, -0.15) is 0 Å². The third-order valence-corrected chi connectivity index (χ3v) is 6.27. The van der Waals surface area contributed by atoms with Gasteiger partial charge in [0.05, 0.1) is 18.9 Å².